The Balaban J connectivity index is 0.000000748. The second-order valence-electron chi connectivity index (χ2n) is 8.75. The van der Waals surface area contributed by atoms with Crippen LogP contribution in [0.25, 0.3) is 0 Å². The van der Waals surface area contributed by atoms with Crippen molar-refractivity contribution in [1.29, 1.82) is 0 Å². The maximum Gasteiger partial charge on any atom is 2.00 e. The van der Waals surface area contributed by atoms with E-state index in [0.717, 1.165) is 24.0 Å². The first-order chi connectivity index (χ1) is 17.3. The van der Waals surface area contributed by atoms with Crippen molar-refractivity contribution >= 4 is 23.9 Å². The number of allylic oxidation sites excluding steroid dienone is 2. The van der Waals surface area contributed by atoms with Crippen molar-refractivity contribution in [3.8, 4) is 11.5 Å². The van der Waals surface area contributed by atoms with Gasteiger partial charge in [0.15, 0.2) is 0 Å². The Morgan fingerprint density at radius 3 is 2.05 bits per heavy atom. The number of aromatic hydroxyl groups is 1. The first-order valence-corrected chi connectivity index (χ1v) is 11.7. The molecule has 1 aromatic carbocycles. The number of carboxylic acid groups (broad SMARTS) is 3. The number of nitrogens with two attached hydrogens (primary N) is 2. The number of esters is 1. The fraction of sp³-hybridized carbons (Fsp3) is 0.520. The fourth-order valence-corrected chi connectivity index (χ4v) is 3.90. The fourth-order valence-electron chi connectivity index (χ4n) is 3.90. The number of hydrogen-bond acceptors (Lipinski definition) is 11. The zero-order valence-corrected chi connectivity index (χ0v) is 23.8. The molecule has 38 heavy (non-hydrogen) atoms. The number of methoxy groups -OCH3 is 1. The van der Waals surface area contributed by atoms with E-state index in [-0.39, 0.29) is 57.5 Å². The summed E-state index contributed by atoms with van der Waals surface area (Å²) >= 11 is 0. The van der Waals surface area contributed by atoms with Crippen LogP contribution in [0, 0.1) is 6.92 Å². The first-order valence-electron chi connectivity index (χ1n) is 11.7. The average molecular weight is 718 g/mol. The third kappa shape index (κ3) is 10.4. The van der Waals surface area contributed by atoms with Crippen LogP contribution >= 0.6 is 0 Å². The number of phenols is 1. The number of fused-ring (bicyclic) bond motifs is 1. The quantitative estimate of drug-likeness (QED) is 0.165. The Morgan fingerprint density at radius 1 is 1.11 bits per heavy atom. The molecule has 0 aromatic heterocycles. The molecule has 13 heteroatoms. The van der Waals surface area contributed by atoms with E-state index in [0.29, 0.717) is 29.7 Å². The number of ether oxygens (including phenoxy) is 2. The third-order valence-electron chi connectivity index (χ3n) is 6.08. The topological polar surface area (TPSA) is 225 Å². The second-order valence-corrected chi connectivity index (χ2v) is 8.75. The van der Waals surface area contributed by atoms with Gasteiger partial charge in [-0.3, -0.25) is 4.79 Å². The van der Waals surface area contributed by atoms with Crippen molar-refractivity contribution in [2.24, 2.45) is 11.5 Å². The van der Waals surface area contributed by atoms with Crippen LogP contribution < -0.4 is 26.4 Å². The summed E-state index contributed by atoms with van der Waals surface area (Å²) in [6.07, 6.45) is 7.48. The molecule has 6 N–H and O–H groups in total. The van der Waals surface area contributed by atoms with E-state index >= 15 is 0 Å². The van der Waals surface area contributed by atoms with Gasteiger partial charge >= 0.3 is 33.0 Å². The van der Waals surface area contributed by atoms with Crippen molar-refractivity contribution in [2.45, 2.75) is 77.5 Å². The standard InChI is InChI=1S/C17H20O6.C6H14N2.C2H2O4.Pt/c1-9(5-7-13(18)19)4-6-11-15(20)14-12(8-23-17(14)21)10(2)16(11)22-3;7-5-3-1-2-4-6(5)8;3-1(4)2(5)6;/h4,20H,5-8H2,1-3H3,(H,18,19);5-6H,1-4,7-8H2;(H,3,4)(H,5,6);/q;;;+2/p-2/b9-4+;;;/t;5-,6-;;/m.1../s1. The number of hydrogen-bond donors (Lipinski definition) is 4. The number of carboxylic acids is 3. The molecule has 2 aliphatic rings. The minimum Gasteiger partial charge on any atom is -0.543 e. The monoisotopic (exact) mass is 717 g/mol. The summed E-state index contributed by atoms with van der Waals surface area (Å²) in [4.78, 5) is 40.3. The number of carbonyl (C=O) groups excluding carboxylic acids is 3. The molecule has 3 rings (SSSR count). The predicted octanol–water partition coefficient (Wildman–Crippen LogP) is -0.568. The Morgan fingerprint density at radius 2 is 1.63 bits per heavy atom. The molecule has 1 aliphatic heterocycles. The van der Waals surface area contributed by atoms with E-state index in [2.05, 4.69) is 0 Å². The van der Waals surface area contributed by atoms with Crippen molar-refractivity contribution in [3.63, 3.8) is 0 Å². The normalized spacial score (nSPS) is 17.8. The smallest absolute Gasteiger partial charge is 0.543 e. The molecule has 12 nitrogen and oxygen atoms in total. The van der Waals surface area contributed by atoms with Crippen LogP contribution in [-0.4, -0.2) is 53.3 Å². The summed E-state index contributed by atoms with van der Waals surface area (Å²) in [6.45, 7) is 3.79. The molecule has 0 unspecified atom stereocenters. The summed E-state index contributed by atoms with van der Waals surface area (Å²) < 4.78 is 10.4. The zero-order valence-electron chi connectivity index (χ0n) is 21.5. The molecule has 0 amide bonds. The molecule has 1 fully saturated rings. The van der Waals surface area contributed by atoms with Crippen LogP contribution in [0.4, 0.5) is 0 Å². The van der Waals surface area contributed by atoms with Gasteiger partial charge in [-0.1, -0.05) is 24.5 Å². The molecule has 2 atom stereocenters. The maximum absolute atomic E-state index is 11.8. The van der Waals surface area contributed by atoms with Crippen molar-refractivity contribution < 1.29 is 70.1 Å². The van der Waals surface area contributed by atoms with Crippen LogP contribution in [-0.2, 0) is 53.2 Å². The SMILES string of the molecule is COc1c(C)c2c(c(O)c1C/C=C(\C)CCC(=O)O)C(=O)OC2.N[C@@H]1CCCC[C@H]1N.O=C([O-])C(=O)[O-].[Pt+2]. The summed E-state index contributed by atoms with van der Waals surface area (Å²) in [5, 5.41) is 37.0. The van der Waals surface area contributed by atoms with Crippen molar-refractivity contribution in [1.82, 2.24) is 0 Å². The summed E-state index contributed by atoms with van der Waals surface area (Å²) in [5.74, 6) is -5.34. The molecule has 1 heterocycles. The Kier molecular flexibility index (Phi) is 15.5. The average Bonchev–Trinajstić information content (AvgIpc) is 3.23. The van der Waals surface area contributed by atoms with Gasteiger partial charge in [0.25, 0.3) is 0 Å². The van der Waals surface area contributed by atoms with Crippen LogP contribution in [0.15, 0.2) is 11.6 Å². The summed E-state index contributed by atoms with van der Waals surface area (Å²) in [5.41, 5.74) is 14.3. The Bertz CT molecular complexity index is 1020. The van der Waals surface area contributed by atoms with E-state index in [1.807, 2.05) is 19.9 Å². The number of aliphatic carboxylic acids is 3. The summed E-state index contributed by atoms with van der Waals surface area (Å²) in [6, 6.07) is 0.562. The van der Waals surface area contributed by atoms with E-state index in [1.165, 1.54) is 20.0 Å². The number of cyclic esters (lactones) is 1. The number of phenolic OH excluding ortho intramolecular Hbond substituents is 1. The van der Waals surface area contributed by atoms with Gasteiger partial charge in [0.2, 0.25) is 0 Å². The van der Waals surface area contributed by atoms with Gasteiger partial charge < -0.3 is 51.0 Å². The Labute approximate surface area is 235 Å². The van der Waals surface area contributed by atoms with Crippen molar-refractivity contribution in [2.75, 3.05) is 7.11 Å². The molecule has 1 saturated carbocycles. The van der Waals surface area contributed by atoms with Gasteiger partial charge in [0.1, 0.15) is 23.7 Å². The van der Waals surface area contributed by atoms with Crippen LogP contribution in [0.5, 0.6) is 11.5 Å². The third-order valence-corrected chi connectivity index (χ3v) is 6.08. The van der Waals surface area contributed by atoms with Gasteiger partial charge in [-0.2, -0.15) is 0 Å². The van der Waals surface area contributed by atoms with Gasteiger partial charge in [-0.05, 0) is 45.1 Å². The number of rotatable bonds is 6. The molecule has 1 aliphatic carbocycles. The van der Waals surface area contributed by atoms with Gasteiger partial charge in [0, 0.05) is 29.6 Å². The molecular formula is C25H34N2O10Pt. The van der Waals surface area contributed by atoms with E-state index < -0.39 is 23.9 Å². The van der Waals surface area contributed by atoms with Crippen LogP contribution in [0.1, 0.15) is 72.5 Å². The second kappa shape index (κ2) is 16.8. The van der Waals surface area contributed by atoms with Gasteiger partial charge in [-0.15, -0.1) is 0 Å². The molecule has 0 saturated heterocycles. The molecule has 214 valence electrons. The van der Waals surface area contributed by atoms with Crippen molar-refractivity contribution in [3.05, 3.63) is 33.9 Å². The molecule has 0 spiro atoms. The number of carbonyl (C=O) groups is 4. The van der Waals surface area contributed by atoms with E-state index in [9.17, 15) is 14.7 Å². The minimum absolute atomic E-state index is 0. The predicted molar refractivity (Wildman–Crippen MR) is 127 cm³/mol. The zero-order chi connectivity index (χ0) is 28.3. The van der Waals surface area contributed by atoms with E-state index in [1.54, 1.807) is 0 Å². The molecule has 0 radical (unpaired) electrons. The summed E-state index contributed by atoms with van der Waals surface area (Å²) in [7, 11) is 1.51. The van der Waals surface area contributed by atoms with Gasteiger partial charge in [0.05, 0.1) is 19.0 Å². The largest absolute Gasteiger partial charge is 2.00 e. The van der Waals surface area contributed by atoms with E-state index in [4.69, 9.17) is 45.8 Å². The first kappa shape index (κ1) is 35.0. The maximum atomic E-state index is 11.8. The Hall–Kier alpha value is -2.95. The number of benzene rings is 1. The van der Waals surface area contributed by atoms with Gasteiger partial charge in [-0.25, -0.2) is 4.79 Å². The molecule has 0 bridgehead atoms. The molecular weight excluding hydrogens is 683 g/mol. The molecule has 1 aromatic rings. The van der Waals surface area contributed by atoms with Crippen LogP contribution in [0.2, 0.25) is 0 Å². The van der Waals surface area contributed by atoms with Crippen LogP contribution in [0.3, 0.4) is 0 Å². The minimum atomic E-state index is -2.19.